The zero-order chi connectivity index (χ0) is 23.3. The number of anilines is 1. The van der Waals surface area contributed by atoms with Crippen LogP contribution in [0.4, 0.5) is 18.9 Å². The number of nitrogens with zero attached hydrogens (tertiary/aromatic N) is 1. The zero-order valence-electron chi connectivity index (χ0n) is 16.5. The van der Waals surface area contributed by atoms with Crippen molar-refractivity contribution >= 4 is 39.1 Å². The first-order valence-corrected chi connectivity index (χ1v) is 10.9. The Labute approximate surface area is 182 Å². The van der Waals surface area contributed by atoms with E-state index in [1.165, 1.54) is 16.4 Å². The number of rotatable bonds is 8. The Morgan fingerprint density at radius 1 is 1.03 bits per heavy atom. The van der Waals surface area contributed by atoms with Gasteiger partial charge in [-0.2, -0.15) is 4.31 Å². The first-order valence-electron chi connectivity index (χ1n) is 9.04. The van der Waals surface area contributed by atoms with Crippen molar-refractivity contribution in [3.05, 3.63) is 58.4 Å². The number of carbonyl (C=O) groups excluding carboxylic acids is 2. The maximum atomic E-state index is 13.6. The maximum Gasteiger partial charge on any atom is 0.253 e. The molecule has 0 saturated heterocycles. The topological polar surface area (TPSA) is 95.6 Å². The molecule has 2 N–H and O–H groups in total. The van der Waals surface area contributed by atoms with Gasteiger partial charge in [-0.15, -0.1) is 0 Å². The van der Waals surface area contributed by atoms with E-state index in [4.69, 9.17) is 11.6 Å². The van der Waals surface area contributed by atoms with Gasteiger partial charge in [0.05, 0.1) is 27.7 Å². The number of hydrogen-bond donors (Lipinski definition) is 2. The van der Waals surface area contributed by atoms with Crippen LogP contribution in [0.1, 0.15) is 24.2 Å². The quantitative estimate of drug-likeness (QED) is 0.571. The Morgan fingerprint density at radius 2 is 1.68 bits per heavy atom. The number of carbonyl (C=O) groups is 2. The fourth-order valence-corrected chi connectivity index (χ4v) is 4.31. The van der Waals surface area contributed by atoms with E-state index in [0.29, 0.717) is 6.07 Å². The van der Waals surface area contributed by atoms with Crippen molar-refractivity contribution in [3.8, 4) is 0 Å². The summed E-state index contributed by atoms with van der Waals surface area (Å²) in [5.74, 6) is -6.54. The first kappa shape index (κ1) is 24.6. The van der Waals surface area contributed by atoms with Crippen molar-refractivity contribution in [1.29, 1.82) is 0 Å². The summed E-state index contributed by atoms with van der Waals surface area (Å²) in [6, 6.07) is 5.03. The summed E-state index contributed by atoms with van der Waals surface area (Å²) in [4.78, 5) is 24.2. The minimum atomic E-state index is -3.85. The van der Waals surface area contributed by atoms with Crippen molar-refractivity contribution in [2.45, 2.75) is 18.7 Å². The van der Waals surface area contributed by atoms with Gasteiger partial charge in [0.2, 0.25) is 15.9 Å². The number of amides is 2. The SMILES string of the molecule is CCN(CC)S(=O)(=O)c1ccc(Cl)c(C(=O)NCC(=O)Nc2ccc(F)c(F)c2F)c1. The molecule has 0 radical (unpaired) electrons. The average molecular weight is 478 g/mol. The second-order valence-electron chi connectivity index (χ2n) is 6.18. The molecule has 0 bridgehead atoms. The van der Waals surface area contributed by atoms with Crippen LogP contribution in [0.25, 0.3) is 0 Å². The van der Waals surface area contributed by atoms with Gasteiger partial charge >= 0.3 is 0 Å². The molecule has 0 saturated carbocycles. The van der Waals surface area contributed by atoms with Crippen LogP contribution in [0, 0.1) is 17.5 Å². The molecule has 0 aromatic heterocycles. The molecule has 2 rings (SSSR count). The number of benzene rings is 2. The first-order chi connectivity index (χ1) is 14.5. The second kappa shape index (κ2) is 10.1. The molecule has 0 aliphatic rings. The fourth-order valence-electron chi connectivity index (χ4n) is 2.62. The van der Waals surface area contributed by atoms with Gasteiger partial charge in [0.25, 0.3) is 5.91 Å². The Hall–Kier alpha value is -2.63. The molecular weight excluding hydrogens is 459 g/mol. The molecule has 7 nitrogen and oxygen atoms in total. The lowest BCUT2D eigenvalue weighted by Gasteiger charge is -2.19. The summed E-state index contributed by atoms with van der Waals surface area (Å²) in [7, 11) is -3.85. The van der Waals surface area contributed by atoms with E-state index in [0.717, 1.165) is 12.1 Å². The highest BCUT2D eigenvalue weighted by molar-refractivity contribution is 7.89. The molecule has 0 atom stereocenters. The van der Waals surface area contributed by atoms with Crippen LogP contribution in [0.2, 0.25) is 5.02 Å². The summed E-state index contributed by atoms with van der Waals surface area (Å²) in [6.07, 6.45) is 0. The van der Waals surface area contributed by atoms with Crippen LogP contribution in [-0.4, -0.2) is 44.2 Å². The van der Waals surface area contributed by atoms with Crippen LogP contribution in [0.15, 0.2) is 35.2 Å². The highest BCUT2D eigenvalue weighted by Gasteiger charge is 2.24. The molecule has 0 fully saturated rings. The molecule has 0 spiro atoms. The number of sulfonamides is 1. The van der Waals surface area contributed by atoms with Gasteiger partial charge in [0, 0.05) is 13.1 Å². The standard InChI is InChI=1S/C19H19ClF3N3O4S/c1-3-26(4-2)31(29,30)11-5-6-13(20)12(9-11)19(28)24-10-16(27)25-15-8-7-14(21)17(22)18(15)23/h5-9H,3-4,10H2,1-2H3,(H,24,28)(H,25,27). The van der Waals surface area contributed by atoms with E-state index in [-0.39, 0.29) is 28.6 Å². The summed E-state index contributed by atoms with van der Waals surface area (Å²) < 4.78 is 66.2. The van der Waals surface area contributed by atoms with Crippen molar-refractivity contribution in [2.75, 3.05) is 25.0 Å². The third-order valence-electron chi connectivity index (χ3n) is 4.24. The summed E-state index contributed by atoms with van der Waals surface area (Å²) in [6.45, 7) is 3.12. The zero-order valence-corrected chi connectivity index (χ0v) is 18.1. The highest BCUT2D eigenvalue weighted by atomic mass is 35.5. The lowest BCUT2D eigenvalue weighted by molar-refractivity contribution is -0.115. The van der Waals surface area contributed by atoms with Crippen molar-refractivity contribution in [1.82, 2.24) is 9.62 Å². The van der Waals surface area contributed by atoms with Crippen molar-refractivity contribution in [2.24, 2.45) is 0 Å². The predicted molar refractivity (Wildman–Crippen MR) is 109 cm³/mol. The third-order valence-corrected chi connectivity index (χ3v) is 6.62. The van der Waals surface area contributed by atoms with Gasteiger partial charge in [0.1, 0.15) is 0 Å². The van der Waals surface area contributed by atoms with Crippen LogP contribution >= 0.6 is 11.6 Å². The Balaban J connectivity index is 2.14. The van der Waals surface area contributed by atoms with E-state index >= 15 is 0 Å². The molecule has 2 amide bonds. The molecule has 2 aromatic rings. The monoisotopic (exact) mass is 477 g/mol. The molecule has 0 aliphatic heterocycles. The van der Waals surface area contributed by atoms with Crippen LogP contribution in [0.5, 0.6) is 0 Å². The van der Waals surface area contributed by atoms with Crippen LogP contribution < -0.4 is 10.6 Å². The largest absolute Gasteiger partial charge is 0.343 e. The lowest BCUT2D eigenvalue weighted by Crippen LogP contribution is -2.34. The molecule has 168 valence electrons. The van der Waals surface area contributed by atoms with Crippen LogP contribution in [-0.2, 0) is 14.8 Å². The number of nitrogens with one attached hydrogen (secondary N) is 2. The molecule has 31 heavy (non-hydrogen) atoms. The Kier molecular flexibility index (Phi) is 8.04. The molecule has 2 aromatic carbocycles. The molecule has 12 heteroatoms. The fraction of sp³-hybridized carbons (Fsp3) is 0.263. The molecule has 0 unspecified atom stereocenters. The van der Waals surface area contributed by atoms with Crippen molar-refractivity contribution in [3.63, 3.8) is 0 Å². The van der Waals surface area contributed by atoms with E-state index in [9.17, 15) is 31.2 Å². The summed E-state index contributed by atoms with van der Waals surface area (Å²) >= 11 is 5.99. The Bertz CT molecular complexity index is 1110. The lowest BCUT2D eigenvalue weighted by atomic mass is 10.2. The predicted octanol–water partition coefficient (Wildman–Crippen LogP) is 3.16. The van der Waals surface area contributed by atoms with Gasteiger partial charge in [-0.05, 0) is 30.3 Å². The minimum Gasteiger partial charge on any atom is -0.343 e. The van der Waals surface area contributed by atoms with Crippen LogP contribution in [0.3, 0.4) is 0 Å². The summed E-state index contributed by atoms with van der Waals surface area (Å²) in [5.41, 5.74) is -0.801. The molecule has 0 aliphatic carbocycles. The van der Waals surface area contributed by atoms with Gasteiger partial charge in [-0.1, -0.05) is 25.4 Å². The van der Waals surface area contributed by atoms with Gasteiger partial charge < -0.3 is 10.6 Å². The van der Waals surface area contributed by atoms with Gasteiger partial charge in [-0.3, -0.25) is 9.59 Å². The second-order valence-corrected chi connectivity index (χ2v) is 8.53. The van der Waals surface area contributed by atoms with E-state index in [1.807, 2.05) is 5.32 Å². The van der Waals surface area contributed by atoms with Gasteiger partial charge in [-0.25, -0.2) is 21.6 Å². The average Bonchev–Trinajstić information content (AvgIpc) is 2.73. The third kappa shape index (κ3) is 5.54. The van der Waals surface area contributed by atoms with Crippen molar-refractivity contribution < 1.29 is 31.2 Å². The number of halogens is 4. The van der Waals surface area contributed by atoms with E-state index in [2.05, 4.69) is 5.32 Å². The van der Waals surface area contributed by atoms with E-state index in [1.54, 1.807) is 13.8 Å². The number of hydrogen-bond acceptors (Lipinski definition) is 4. The Morgan fingerprint density at radius 3 is 2.29 bits per heavy atom. The highest BCUT2D eigenvalue weighted by Crippen LogP contribution is 2.23. The maximum absolute atomic E-state index is 13.6. The molecular formula is C19H19ClF3N3O4S. The van der Waals surface area contributed by atoms with E-state index < -0.39 is 51.5 Å². The molecule has 0 heterocycles. The van der Waals surface area contributed by atoms with Gasteiger partial charge in [0.15, 0.2) is 17.5 Å². The smallest absolute Gasteiger partial charge is 0.253 e. The minimum absolute atomic E-state index is 0.0527. The summed E-state index contributed by atoms with van der Waals surface area (Å²) in [5, 5.41) is 4.15. The normalized spacial score (nSPS) is 11.5.